The summed E-state index contributed by atoms with van der Waals surface area (Å²) in [4.78, 5) is 40.5. The molecule has 0 fully saturated rings. The number of hydrogen-bond donors (Lipinski definition) is 1. The number of nitrogens with one attached hydrogen (secondary N) is 1. The molecule has 2 aromatic carbocycles. The molecule has 2 amide bonds. The molecule has 0 saturated carbocycles. The van der Waals surface area contributed by atoms with Crippen LogP contribution in [0.25, 0.3) is 11.1 Å². The fourth-order valence-electron chi connectivity index (χ4n) is 2.95. The van der Waals surface area contributed by atoms with Crippen LogP contribution < -0.4 is 5.32 Å². The maximum Gasteiger partial charge on any atom is 0.337 e. The van der Waals surface area contributed by atoms with Gasteiger partial charge in [-0.05, 0) is 41.3 Å². The molecule has 1 aromatic heterocycles. The standard InChI is InChI=1S/C22H21N3O4S/c1-15-11-18(16-3-5-17(6-4-16)21(28)29-2)7-8-19(15)12-25(14-26)13-20(27)24-22-23-9-10-30-22/h3-11,14H,12-13H2,1-2H3,(H,23,24,27). The number of aryl methyl sites for hydroxylation is 1. The van der Waals surface area contributed by atoms with Crippen LogP contribution in [0.3, 0.4) is 0 Å². The fourth-order valence-corrected chi connectivity index (χ4v) is 3.49. The average molecular weight is 423 g/mol. The van der Waals surface area contributed by atoms with Crippen molar-refractivity contribution in [1.82, 2.24) is 9.88 Å². The predicted molar refractivity (Wildman–Crippen MR) is 115 cm³/mol. The maximum atomic E-state index is 12.1. The van der Waals surface area contributed by atoms with Crippen molar-refractivity contribution < 1.29 is 19.1 Å². The second-order valence-electron chi connectivity index (χ2n) is 6.61. The van der Waals surface area contributed by atoms with Crippen molar-refractivity contribution in [3.05, 3.63) is 70.7 Å². The topological polar surface area (TPSA) is 88.6 Å². The lowest BCUT2D eigenvalue weighted by molar-refractivity contribution is -0.125. The van der Waals surface area contributed by atoms with Gasteiger partial charge < -0.3 is 15.0 Å². The smallest absolute Gasteiger partial charge is 0.337 e. The number of anilines is 1. The molecule has 0 bridgehead atoms. The van der Waals surface area contributed by atoms with Crippen molar-refractivity contribution in [2.45, 2.75) is 13.5 Å². The second kappa shape index (κ2) is 9.80. The Morgan fingerprint density at radius 2 is 1.90 bits per heavy atom. The van der Waals surface area contributed by atoms with Crippen LogP contribution in [0.1, 0.15) is 21.5 Å². The van der Waals surface area contributed by atoms with E-state index < -0.39 is 0 Å². The van der Waals surface area contributed by atoms with E-state index in [0.29, 0.717) is 23.6 Å². The minimum atomic E-state index is -0.374. The van der Waals surface area contributed by atoms with E-state index in [-0.39, 0.29) is 18.4 Å². The number of benzene rings is 2. The van der Waals surface area contributed by atoms with Crippen molar-refractivity contribution in [3.63, 3.8) is 0 Å². The minimum absolute atomic E-state index is 0.0563. The molecule has 8 heteroatoms. The van der Waals surface area contributed by atoms with Gasteiger partial charge in [0.25, 0.3) is 0 Å². The Morgan fingerprint density at radius 1 is 1.17 bits per heavy atom. The molecular weight excluding hydrogens is 402 g/mol. The number of carbonyl (C=O) groups is 3. The normalized spacial score (nSPS) is 10.3. The number of rotatable bonds is 8. The number of carbonyl (C=O) groups excluding carboxylic acids is 3. The summed E-state index contributed by atoms with van der Waals surface area (Å²) < 4.78 is 4.72. The van der Waals surface area contributed by atoms with Gasteiger partial charge in [0.15, 0.2) is 5.13 Å². The number of nitrogens with zero attached hydrogens (tertiary/aromatic N) is 2. The highest BCUT2D eigenvalue weighted by Crippen LogP contribution is 2.24. The summed E-state index contributed by atoms with van der Waals surface area (Å²) in [5, 5.41) is 4.94. The van der Waals surface area contributed by atoms with E-state index in [4.69, 9.17) is 4.74 Å². The fraction of sp³-hybridized carbons (Fsp3) is 0.182. The van der Waals surface area contributed by atoms with Crippen molar-refractivity contribution >= 4 is 34.8 Å². The summed E-state index contributed by atoms with van der Waals surface area (Å²) in [5.74, 6) is -0.669. The lowest BCUT2D eigenvalue weighted by Crippen LogP contribution is -2.32. The highest BCUT2D eigenvalue weighted by molar-refractivity contribution is 7.13. The molecular formula is C22H21N3O4S. The van der Waals surface area contributed by atoms with Crippen LogP contribution in [-0.2, 0) is 20.9 Å². The number of hydrogen-bond acceptors (Lipinski definition) is 6. The minimum Gasteiger partial charge on any atom is -0.465 e. The largest absolute Gasteiger partial charge is 0.465 e. The average Bonchev–Trinajstić information content (AvgIpc) is 3.26. The van der Waals surface area contributed by atoms with Gasteiger partial charge in [-0.2, -0.15) is 0 Å². The first kappa shape index (κ1) is 21.2. The van der Waals surface area contributed by atoms with Crippen molar-refractivity contribution in [2.24, 2.45) is 0 Å². The molecule has 0 aliphatic rings. The van der Waals surface area contributed by atoms with E-state index in [0.717, 1.165) is 22.3 Å². The van der Waals surface area contributed by atoms with Gasteiger partial charge in [-0.1, -0.05) is 30.3 Å². The SMILES string of the molecule is COC(=O)c1ccc(-c2ccc(CN(C=O)CC(=O)Nc3nccs3)c(C)c2)cc1. The third-order valence-electron chi connectivity index (χ3n) is 4.53. The van der Waals surface area contributed by atoms with Crippen molar-refractivity contribution in [3.8, 4) is 11.1 Å². The van der Waals surface area contributed by atoms with Crippen molar-refractivity contribution in [1.29, 1.82) is 0 Å². The Hall–Kier alpha value is -3.52. The third kappa shape index (κ3) is 5.30. The van der Waals surface area contributed by atoms with Gasteiger partial charge in [0.2, 0.25) is 12.3 Å². The van der Waals surface area contributed by atoms with Crippen LogP contribution in [0, 0.1) is 6.92 Å². The zero-order valence-corrected chi connectivity index (χ0v) is 17.4. The zero-order valence-electron chi connectivity index (χ0n) is 16.6. The van der Waals surface area contributed by atoms with Crippen LogP contribution in [0.15, 0.2) is 54.0 Å². The van der Waals surface area contributed by atoms with Gasteiger partial charge in [-0.25, -0.2) is 9.78 Å². The number of methoxy groups -OCH3 is 1. The molecule has 1 N–H and O–H groups in total. The van der Waals surface area contributed by atoms with E-state index in [1.165, 1.54) is 23.3 Å². The lowest BCUT2D eigenvalue weighted by Gasteiger charge is -2.18. The van der Waals surface area contributed by atoms with Crippen LogP contribution in [0.5, 0.6) is 0 Å². The van der Waals surface area contributed by atoms with Gasteiger partial charge in [0.05, 0.1) is 12.7 Å². The van der Waals surface area contributed by atoms with E-state index in [9.17, 15) is 14.4 Å². The summed E-state index contributed by atoms with van der Waals surface area (Å²) in [6.45, 7) is 2.22. The molecule has 0 saturated heterocycles. The predicted octanol–water partition coefficient (Wildman–Crippen LogP) is 3.50. The molecule has 3 rings (SSSR count). The number of aromatic nitrogens is 1. The molecule has 0 aliphatic carbocycles. The van der Waals surface area contributed by atoms with Crippen LogP contribution >= 0.6 is 11.3 Å². The van der Waals surface area contributed by atoms with E-state index in [2.05, 4.69) is 10.3 Å². The first-order chi connectivity index (χ1) is 14.5. The van der Waals surface area contributed by atoms with E-state index in [1.807, 2.05) is 37.3 Å². The van der Waals surface area contributed by atoms with Crippen LogP contribution in [0.2, 0.25) is 0 Å². The highest BCUT2D eigenvalue weighted by atomic mass is 32.1. The molecule has 0 spiro atoms. The van der Waals surface area contributed by atoms with Gasteiger partial charge in [0, 0.05) is 18.1 Å². The Morgan fingerprint density at radius 3 is 2.50 bits per heavy atom. The molecule has 30 heavy (non-hydrogen) atoms. The summed E-state index contributed by atoms with van der Waals surface area (Å²) in [6, 6.07) is 13.1. The Bertz CT molecular complexity index is 1030. The summed E-state index contributed by atoms with van der Waals surface area (Å²) in [6.07, 6.45) is 2.27. The molecule has 3 aromatic rings. The van der Waals surface area contributed by atoms with Crippen LogP contribution in [-0.4, -0.2) is 41.8 Å². The number of amides is 2. The Labute approximate surface area is 178 Å². The van der Waals surface area contributed by atoms with Crippen LogP contribution in [0.4, 0.5) is 5.13 Å². The summed E-state index contributed by atoms with van der Waals surface area (Å²) in [7, 11) is 1.35. The summed E-state index contributed by atoms with van der Waals surface area (Å²) >= 11 is 1.32. The number of thiazole rings is 1. The molecule has 0 radical (unpaired) electrons. The van der Waals surface area contributed by atoms with E-state index in [1.54, 1.807) is 23.7 Å². The highest BCUT2D eigenvalue weighted by Gasteiger charge is 2.13. The number of ether oxygens (including phenoxy) is 1. The first-order valence-electron chi connectivity index (χ1n) is 9.17. The first-order valence-corrected chi connectivity index (χ1v) is 10.0. The maximum absolute atomic E-state index is 12.1. The molecule has 0 unspecified atom stereocenters. The van der Waals surface area contributed by atoms with Gasteiger partial charge in [-0.3, -0.25) is 9.59 Å². The monoisotopic (exact) mass is 423 g/mol. The molecule has 1 heterocycles. The van der Waals surface area contributed by atoms with Gasteiger partial charge in [-0.15, -0.1) is 11.3 Å². The zero-order chi connectivity index (χ0) is 21.5. The molecule has 7 nitrogen and oxygen atoms in total. The number of esters is 1. The lowest BCUT2D eigenvalue weighted by atomic mass is 9.99. The van der Waals surface area contributed by atoms with Crippen molar-refractivity contribution in [2.75, 3.05) is 19.0 Å². The third-order valence-corrected chi connectivity index (χ3v) is 5.22. The van der Waals surface area contributed by atoms with Gasteiger partial charge in [0.1, 0.15) is 6.54 Å². The molecule has 0 aliphatic heterocycles. The Kier molecular flexibility index (Phi) is 6.92. The molecule has 0 atom stereocenters. The Balaban J connectivity index is 1.67. The molecule has 154 valence electrons. The summed E-state index contributed by atoms with van der Waals surface area (Å²) in [5.41, 5.74) is 4.39. The van der Waals surface area contributed by atoms with E-state index >= 15 is 0 Å². The van der Waals surface area contributed by atoms with Gasteiger partial charge >= 0.3 is 5.97 Å². The quantitative estimate of drug-likeness (QED) is 0.442. The second-order valence-corrected chi connectivity index (χ2v) is 7.50.